The van der Waals surface area contributed by atoms with Gasteiger partial charge in [0.05, 0.1) is 6.61 Å². The fourth-order valence-electron chi connectivity index (χ4n) is 2.77. The molecule has 1 aromatic carbocycles. The number of nitrogens with zero attached hydrogens (tertiary/aromatic N) is 1. The van der Waals surface area contributed by atoms with Crippen LogP contribution in [0.4, 0.5) is 0 Å². The van der Waals surface area contributed by atoms with E-state index in [1.807, 2.05) is 0 Å². The van der Waals surface area contributed by atoms with E-state index >= 15 is 0 Å². The molecule has 1 saturated heterocycles. The normalized spacial score (nSPS) is 28.5. The summed E-state index contributed by atoms with van der Waals surface area (Å²) in [5.41, 5.74) is 1.61. The third-order valence-electron chi connectivity index (χ3n) is 4.26. The van der Waals surface area contributed by atoms with Crippen LogP contribution in [0.2, 0.25) is 0 Å². The minimum Gasteiger partial charge on any atom is -0.383 e. The van der Waals surface area contributed by atoms with Gasteiger partial charge in [0.25, 0.3) is 0 Å². The van der Waals surface area contributed by atoms with Crippen molar-refractivity contribution in [2.45, 2.75) is 31.8 Å². The molecule has 2 rings (SSSR count). The molecule has 1 fully saturated rings. The van der Waals surface area contributed by atoms with Gasteiger partial charge in [0.15, 0.2) is 0 Å². The largest absolute Gasteiger partial charge is 0.383 e. The minimum atomic E-state index is 0.221. The van der Waals surface area contributed by atoms with Crippen LogP contribution in [-0.4, -0.2) is 43.8 Å². The van der Waals surface area contributed by atoms with Gasteiger partial charge in [-0.25, -0.2) is 0 Å². The third kappa shape index (κ3) is 3.56. The standard InChI is InChI=1S/C16H26N2O/c1-4-16(2)13-18(10-11-19-3)15(12-17-16)14-8-6-5-7-9-14/h5-9,15,17H,4,10-13H2,1-3H3. The number of methoxy groups -OCH3 is 1. The SMILES string of the molecule is CCC1(C)CN(CCOC)C(c2ccccc2)CN1. The molecule has 0 amide bonds. The zero-order valence-corrected chi connectivity index (χ0v) is 12.4. The van der Waals surface area contributed by atoms with Gasteiger partial charge in [0.2, 0.25) is 0 Å². The lowest BCUT2D eigenvalue weighted by Crippen LogP contribution is -2.59. The monoisotopic (exact) mass is 262 g/mol. The van der Waals surface area contributed by atoms with Gasteiger partial charge < -0.3 is 10.1 Å². The molecule has 1 aromatic rings. The van der Waals surface area contributed by atoms with E-state index in [2.05, 4.69) is 54.4 Å². The molecular weight excluding hydrogens is 236 g/mol. The first-order valence-corrected chi connectivity index (χ1v) is 7.21. The Hall–Kier alpha value is -0.900. The van der Waals surface area contributed by atoms with Crippen molar-refractivity contribution >= 4 is 0 Å². The first kappa shape index (κ1) is 14.5. The maximum Gasteiger partial charge on any atom is 0.0589 e. The first-order valence-electron chi connectivity index (χ1n) is 7.21. The van der Waals surface area contributed by atoms with Gasteiger partial charge in [-0.15, -0.1) is 0 Å². The van der Waals surface area contributed by atoms with Gasteiger partial charge in [-0.3, -0.25) is 4.90 Å². The van der Waals surface area contributed by atoms with Crippen LogP contribution < -0.4 is 5.32 Å². The Labute approximate surface area is 116 Å². The number of benzene rings is 1. The van der Waals surface area contributed by atoms with Gasteiger partial charge in [-0.1, -0.05) is 37.3 Å². The van der Waals surface area contributed by atoms with Gasteiger partial charge in [0, 0.05) is 38.3 Å². The highest BCUT2D eigenvalue weighted by Gasteiger charge is 2.34. The maximum absolute atomic E-state index is 5.27. The van der Waals surface area contributed by atoms with E-state index in [9.17, 15) is 0 Å². The molecule has 1 aliphatic rings. The molecule has 0 spiro atoms. The molecule has 2 atom stereocenters. The summed E-state index contributed by atoms with van der Waals surface area (Å²) in [7, 11) is 1.78. The van der Waals surface area contributed by atoms with E-state index in [0.29, 0.717) is 6.04 Å². The molecule has 0 saturated carbocycles. The van der Waals surface area contributed by atoms with Crippen LogP contribution in [0.5, 0.6) is 0 Å². The molecule has 3 nitrogen and oxygen atoms in total. The topological polar surface area (TPSA) is 24.5 Å². The van der Waals surface area contributed by atoms with Crippen molar-refractivity contribution in [3.63, 3.8) is 0 Å². The van der Waals surface area contributed by atoms with Crippen LogP contribution in [-0.2, 0) is 4.74 Å². The number of hydrogen-bond acceptors (Lipinski definition) is 3. The van der Waals surface area contributed by atoms with Crippen molar-refractivity contribution in [3.8, 4) is 0 Å². The van der Waals surface area contributed by atoms with Crippen molar-refractivity contribution < 1.29 is 4.74 Å². The fourth-order valence-corrected chi connectivity index (χ4v) is 2.77. The van der Waals surface area contributed by atoms with Crippen LogP contribution in [0.25, 0.3) is 0 Å². The van der Waals surface area contributed by atoms with Crippen molar-refractivity contribution in [3.05, 3.63) is 35.9 Å². The average molecular weight is 262 g/mol. The van der Waals surface area contributed by atoms with E-state index in [1.165, 1.54) is 5.56 Å². The van der Waals surface area contributed by atoms with Crippen LogP contribution in [0, 0.1) is 0 Å². The summed E-state index contributed by atoms with van der Waals surface area (Å²) < 4.78 is 5.27. The zero-order chi connectivity index (χ0) is 13.7. The first-order chi connectivity index (χ1) is 9.18. The summed E-state index contributed by atoms with van der Waals surface area (Å²) in [5.74, 6) is 0. The predicted octanol–water partition coefficient (Wildman–Crippen LogP) is 2.45. The molecule has 0 aromatic heterocycles. The Morgan fingerprint density at radius 3 is 2.74 bits per heavy atom. The number of piperazine rings is 1. The van der Waals surface area contributed by atoms with Gasteiger partial charge in [0.1, 0.15) is 0 Å². The Morgan fingerprint density at radius 1 is 1.37 bits per heavy atom. The summed E-state index contributed by atoms with van der Waals surface area (Å²) in [6.45, 7) is 8.44. The molecular formula is C16H26N2O. The lowest BCUT2D eigenvalue weighted by Gasteiger charge is -2.46. The molecule has 1 heterocycles. The molecule has 2 unspecified atom stereocenters. The Bertz CT molecular complexity index is 382. The number of rotatable bonds is 5. The maximum atomic E-state index is 5.27. The molecule has 0 aliphatic carbocycles. The predicted molar refractivity (Wildman–Crippen MR) is 79.3 cm³/mol. The van der Waals surface area contributed by atoms with Crippen molar-refractivity contribution in [2.75, 3.05) is 33.4 Å². The summed E-state index contributed by atoms with van der Waals surface area (Å²) >= 11 is 0. The third-order valence-corrected chi connectivity index (χ3v) is 4.26. The average Bonchev–Trinajstić information content (AvgIpc) is 2.46. The number of ether oxygens (including phenoxy) is 1. The summed E-state index contributed by atoms with van der Waals surface area (Å²) in [5, 5.41) is 3.72. The lowest BCUT2D eigenvalue weighted by atomic mass is 9.91. The van der Waals surface area contributed by atoms with Crippen molar-refractivity contribution in [1.29, 1.82) is 0 Å². The highest BCUT2D eigenvalue weighted by Crippen LogP contribution is 2.28. The molecule has 0 bridgehead atoms. The van der Waals surface area contributed by atoms with Crippen LogP contribution in [0.3, 0.4) is 0 Å². The van der Waals surface area contributed by atoms with Gasteiger partial charge >= 0.3 is 0 Å². The second-order valence-corrected chi connectivity index (χ2v) is 5.68. The van der Waals surface area contributed by atoms with E-state index in [1.54, 1.807) is 7.11 Å². The van der Waals surface area contributed by atoms with E-state index in [4.69, 9.17) is 4.74 Å². The Morgan fingerprint density at radius 2 is 2.11 bits per heavy atom. The quantitative estimate of drug-likeness (QED) is 0.882. The van der Waals surface area contributed by atoms with Gasteiger partial charge in [-0.2, -0.15) is 0 Å². The Kier molecular flexibility index (Phi) is 4.97. The van der Waals surface area contributed by atoms with Crippen LogP contribution >= 0.6 is 0 Å². The van der Waals surface area contributed by atoms with Crippen molar-refractivity contribution in [1.82, 2.24) is 10.2 Å². The number of hydrogen-bond donors (Lipinski definition) is 1. The Balaban J connectivity index is 2.13. The lowest BCUT2D eigenvalue weighted by molar-refractivity contribution is 0.0566. The number of nitrogens with one attached hydrogen (secondary N) is 1. The second kappa shape index (κ2) is 6.51. The molecule has 19 heavy (non-hydrogen) atoms. The highest BCUT2D eigenvalue weighted by atomic mass is 16.5. The van der Waals surface area contributed by atoms with Gasteiger partial charge in [-0.05, 0) is 18.9 Å². The second-order valence-electron chi connectivity index (χ2n) is 5.68. The fraction of sp³-hybridized carbons (Fsp3) is 0.625. The van der Waals surface area contributed by atoms with Crippen molar-refractivity contribution in [2.24, 2.45) is 0 Å². The highest BCUT2D eigenvalue weighted by molar-refractivity contribution is 5.20. The molecule has 106 valence electrons. The minimum absolute atomic E-state index is 0.221. The zero-order valence-electron chi connectivity index (χ0n) is 12.4. The summed E-state index contributed by atoms with van der Waals surface area (Å²) in [6, 6.07) is 11.2. The smallest absolute Gasteiger partial charge is 0.0589 e. The molecule has 0 radical (unpaired) electrons. The van der Waals surface area contributed by atoms with Crippen LogP contribution in [0.15, 0.2) is 30.3 Å². The van der Waals surface area contributed by atoms with E-state index < -0.39 is 0 Å². The van der Waals surface area contributed by atoms with E-state index in [-0.39, 0.29) is 5.54 Å². The molecule has 3 heteroatoms. The molecule has 1 aliphatic heterocycles. The summed E-state index contributed by atoms with van der Waals surface area (Å²) in [6.07, 6.45) is 1.15. The van der Waals surface area contributed by atoms with E-state index in [0.717, 1.165) is 32.7 Å². The molecule has 1 N–H and O–H groups in total. The van der Waals surface area contributed by atoms with Crippen LogP contribution in [0.1, 0.15) is 31.9 Å². The summed E-state index contributed by atoms with van der Waals surface area (Å²) in [4.78, 5) is 2.55.